The summed E-state index contributed by atoms with van der Waals surface area (Å²) in [5.41, 5.74) is -2.03. The summed E-state index contributed by atoms with van der Waals surface area (Å²) in [5, 5.41) is 10.2. The Morgan fingerprint density at radius 1 is 1.25 bits per heavy atom. The predicted octanol–water partition coefficient (Wildman–Crippen LogP) is -3.46. The number of hydrogen-bond donors (Lipinski definition) is 5. The highest BCUT2D eigenvalue weighted by Crippen LogP contribution is 1.96. The summed E-state index contributed by atoms with van der Waals surface area (Å²) in [5.74, 6) is -2.19. The zero-order valence-electron chi connectivity index (χ0n) is 9.80. The van der Waals surface area contributed by atoms with Gasteiger partial charge in [-0.3, -0.25) is 19.4 Å². The van der Waals surface area contributed by atoms with Crippen LogP contribution in [0.3, 0.4) is 0 Å². The molecule has 0 aromatic carbocycles. The molecule has 110 valence electrons. The molecule has 0 radical (unpaired) electrons. The number of rotatable bonds is 6. The molecule has 0 saturated carbocycles. The first-order valence-corrected chi connectivity index (χ1v) is 6.51. The van der Waals surface area contributed by atoms with E-state index in [1.54, 1.807) is 9.71 Å². The van der Waals surface area contributed by atoms with Gasteiger partial charge in [0, 0.05) is 6.20 Å². The lowest BCUT2D eigenvalue weighted by atomic mass is 10.5. The van der Waals surface area contributed by atoms with E-state index in [2.05, 4.69) is 0 Å². The molecule has 0 unspecified atom stereocenters. The van der Waals surface area contributed by atoms with Crippen LogP contribution in [0.15, 0.2) is 20.7 Å². The molecule has 1 aromatic heterocycles. The van der Waals surface area contributed by atoms with E-state index in [0.717, 1.165) is 0 Å². The Bertz CT molecular complexity index is 732. The average Bonchev–Trinajstić information content (AvgIpc) is 2.33. The molecule has 1 rings (SSSR count). The van der Waals surface area contributed by atoms with Crippen LogP contribution in [0.25, 0.3) is 0 Å². The molecule has 0 aliphatic heterocycles. The molecule has 1 aromatic rings. The fraction of sp³-hybridized carbons (Fsp3) is 0.250. The van der Waals surface area contributed by atoms with Crippen molar-refractivity contribution in [2.75, 3.05) is 13.1 Å². The maximum atomic E-state index is 11.7. The molecule has 0 fully saturated rings. The summed E-state index contributed by atoms with van der Waals surface area (Å²) in [6, 6.07) is 0. The number of carbonyl (C=O) groups excluding carboxylic acids is 1. The Morgan fingerprint density at radius 3 is 2.45 bits per heavy atom. The number of carboxylic acids is 1. The molecule has 1 heterocycles. The minimum atomic E-state index is -4.31. The highest BCUT2D eigenvalue weighted by atomic mass is 32.2. The fourth-order valence-electron chi connectivity index (χ4n) is 1.07. The Kier molecular flexibility index (Phi) is 4.77. The van der Waals surface area contributed by atoms with Crippen molar-refractivity contribution in [2.45, 2.75) is 4.90 Å². The summed E-state index contributed by atoms with van der Waals surface area (Å²) in [6.07, 6.45) is 0.679. The van der Waals surface area contributed by atoms with E-state index < -0.39 is 51.1 Å². The summed E-state index contributed by atoms with van der Waals surface area (Å²) >= 11 is 0. The number of aromatic nitrogens is 2. The Morgan fingerprint density at radius 2 is 1.90 bits per heavy atom. The normalized spacial score (nSPS) is 11.0. The van der Waals surface area contributed by atoms with Gasteiger partial charge in [-0.2, -0.15) is 0 Å². The van der Waals surface area contributed by atoms with Gasteiger partial charge in [0.15, 0.2) is 4.90 Å². The topological polar surface area (TPSA) is 178 Å². The Balaban J connectivity index is 2.76. The highest BCUT2D eigenvalue weighted by molar-refractivity contribution is 7.89. The third kappa shape index (κ3) is 4.33. The molecule has 20 heavy (non-hydrogen) atoms. The number of nitrogens with one attached hydrogen (secondary N) is 4. The van der Waals surface area contributed by atoms with Crippen LogP contribution < -0.4 is 21.3 Å². The van der Waals surface area contributed by atoms with Gasteiger partial charge < -0.3 is 15.4 Å². The van der Waals surface area contributed by atoms with Crippen LogP contribution in [0.2, 0.25) is 0 Å². The second kappa shape index (κ2) is 6.12. The number of carbonyl (C=O) groups is 2. The van der Waals surface area contributed by atoms with Gasteiger partial charge in [-0.25, -0.2) is 17.9 Å². The van der Waals surface area contributed by atoms with E-state index in [1.807, 2.05) is 10.3 Å². The van der Waals surface area contributed by atoms with Crippen molar-refractivity contribution in [2.24, 2.45) is 0 Å². The lowest BCUT2D eigenvalue weighted by Crippen LogP contribution is -2.40. The third-order valence-electron chi connectivity index (χ3n) is 1.93. The average molecular weight is 306 g/mol. The van der Waals surface area contributed by atoms with Crippen LogP contribution in [-0.4, -0.2) is 48.5 Å². The van der Waals surface area contributed by atoms with Gasteiger partial charge in [0.1, 0.15) is 6.54 Å². The van der Waals surface area contributed by atoms with Crippen molar-refractivity contribution in [1.82, 2.24) is 20.0 Å². The second-order valence-electron chi connectivity index (χ2n) is 3.43. The van der Waals surface area contributed by atoms with E-state index in [9.17, 15) is 27.6 Å². The quantitative estimate of drug-likeness (QED) is 0.362. The summed E-state index contributed by atoms with van der Waals surface area (Å²) in [4.78, 5) is 46.2. The zero-order valence-corrected chi connectivity index (χ0v) is 10.6. The molecule has 11 nitrogen and oxygen atoms in total. The molecule has 0 spiro atoms. The monoisotopic (exact) mass is 306 g/mol. The number of H-pyrrole nitrogens is 2. The Hall–Kier alpha value is -2.47. The van der Waals surface area contributed by atoms with Gasteiger partial charge in [0.2, 0.25) is 15.9 Å². The van der Waals surface area contributed by atoms with Gasteiger partial charge >= 0.3 is 11.7 Å². The number of aliphatic carboxylic acids is 1. The smallest absolute Gasteiger partial charge is 0.325 e. The summed E-state index contributed by atoms with van der Waals surface area (Å²) in [7, 11) is -4.31. The number of amides is 1. The maximum absolute atomic E-state index is 11.7. The molecule has 0 bridgehead atoms. The van der Waals surface area contributed by atoms with Gasteiger partial charge in [-0.05, 0) is 0 Å². The molecule has 0 aliphatic carbocycles. The van der Waals surface area contributed by atoms with Gasteiger partial charge in [-0.15, -0.1) is 0 Å². The SMILES string of the molecule is O=C(O)CNC(=O)CNS(=O)(=O)c1c[nH]c(=O)[nH]c1=O. The van der Waals surface area contributed by atoms with E-state index >= 15 is 0 Å². The lowest BCUT2D eigenvalue weighted by Gasteiger charge is -2.05. The first kappa shape index (κ1) is 15.6. The number of hydrogen-bond acceptors (Lipinski definition) is 6. The third-order valence-corrected chi connectivity index (χ3v) is 3.34. The molecule has 0 saturated heterocycles. The van der Waals surface area contributed by atoms with Gasteiger partial charge in [0.25, 0.3) is 5.56 Å². The zero-order chi connectivity index (χ0) is 15.3. The van der Waals surface area contributed by atoms with Crippen molar-refractivity contribution >= 4 is 21.9 Å². The molecule has 12 heteroatoms. The van der Waals surface area contributed by atoms with Gasteiger partial charge in [0.05, 0.1) is 6.54 Å². The van der Waals surface area contributed by atoms with E-state index in [-0.39, 0.29) is 0 Å². The van der Waals surface area contributed by atoms with Crippen molar-refractivity contribution in [3.63, 3.8) is 0 Å². The highest BCUT2D eigenvalue weighted by Gasteiger charge is 2.19. The maximum Gasteiger partial charge on any atom is 0.325 e. The minimum Gasteiger partial charge on any atom is -0.480 e. The first-order chi connectivity index (χ1) is 9.22. The molecular formula is C8H10N4O7S. The molecular weight excluding hydrogens is 296 g/mol. The van der Waals surface area contributed by atoms with Crippen LogP contribution in [-0.2, 0) is 19.6 Å². The van der Waals surface area contributed by atoms with E-state index in [0.29, 0.717) is 6.20 Å². The van der Waals surface area contributed by atoms with Crippen LogP contribution in [0.1, 0.15) is 0 Å². The second-order valence-corrected chi connectivity index (χ2v) is 5.17. The van der Waals surface area contributed by atoms with Crippen molar-refractivity contribution in [3.05, 3.63) is 27.0 Å². The summed E-state index contributed by atoms with van der Waals surface area (Å²) < 4.78 is 25.1. The number of carboxylic acid groups (broad SMARTS) is 1. The van der Waals surface area contributed by atoms with Crippen molar-refractivity contribution in [3.8, 4) is 0 Å². The molecule has 0 atom stereocenters. The Labute approximate surface area is 111 Å². The van der Waals surface area contributed by atoms with Crippen LogP contribution >= 0.6 is 0 Å². The molecule has 5 N–H and O–H groups in total. The fourth-order valence-corrected chi connectivity index (χ4v) is 2.06. The van der Waals surface area contributed by atoms with E-state index in [1.165, 1.54) is 0 Å². The van der Waals surface area contributed by atoms with Crippen LogP contribution in [0, 0.1) is 0 Å². The standard InChI is InChI=1S/C8H10N4O7S/c13-5(9-3-6(14)15)2-11-20(18,19)4-1-10-8(17)12-7(4)16/h1,11H,2-3H2,(H,9,13)(H,14,15)(H2,10,12,16,17). The predicted molar refractivity (Wildman–Crippen MR) is 63.5 cm³/mol. The van der Waals surface area contributed by atoms with E-state index in [4.69, 9.17) is 5.11 Å². The minimum absolute atomic E-state index is 0.667. The molecule has 1 amide bonds. The van der Waals surface area contributed by atoms with Crippen LogP contribution in [0.5, 0.6) is 0 Å². The van der Waals surface area contributed by atoms with Crippen molar-refractivity contribution < 1.29 is 23.1 Å². The number of aromatic amines is 2. The van der Waals surface area contributed by atoms with Crippen LogP contribution in [0.4, 0.5) is 0 Å². The largest absolute Gasteiger partial charge is 0.480 e. The van der Waals surface area contributed by atoms with Crippen molar-refractivity contribution in [1.29, 1.82) is 0 Å². The summed E-state index contributed by atoms with van der Waals surface area (Å²) in [6.45, 7) is -1.42. The van der Waals surface area contributed by atoms with Gasteiger partial charge in [-0.1, -0.05) is 0 Å². The lowest BCUT2D eigenvalue weighted by molar-refractivity contribution is -0.137. The number of sulfonamides is 1. The molecule has 0 aliphatic rings. The first-order valence-electron chi connectivity index (χ1n) is 5.02.